The van der Waals surface area contributed by atoms with E-state index in [-0.39, 0.29) is 0 Å². The number of nitrogens with one attached hydrogen (secondary N) is 1. The molecule has 1 aromatic rings. The molecule has 0 unspecified atom stereocenters. The van der Waals surface area contributed by atoms with E-state index in [1.807, 2.05) is 12.3 Å². The summed E-state index contributed by atoms with van der Waals surface area (Å²) in [7, 11) is 0. The number of hydrogen-bond donors (Lipinski definition) is 2. The van der Waals surface area contributed by atoms with Crippen molar-refractivity contribution < 1.29 is 0 Å². The fourth-order valence-electron chi connectivity index (χ4n) is 2.39. The average Bonchev–Trinajstić information content (AvgIpc) is 2.99. The smallest absolute Gasteiger partial charge is 0.198 e. The van der Waals surface area contributed by atoms with E-state index in [0.29, 0.717) is 11.1 Å². The quantitative estimate of drug-likeness (QED) is 0.383. The summed E-state index contributed by atoms with van der Waals surface area (Å²) in [5.74, 6) is 0.533. The molecule has 2 rings (SSSR count). The first-order chi connectivity index (χ1) is 10.2. The minimum absolute atomic E-state index is 0.470. The first-order valence-electron chi connectivity index (χ1n) is 7.44. The Hall–Kier alpha value is -1.69. The minimum atomic E-state index is 0.470. The van der Waals surface area contributed by atoms with Crippen molar-refractivity contribution in [2.45, 2.75) is 32.6 Å². The van der Waals surface area contributed by atoms with Crippen molar-refractivity contribution in [1.29, 1.82) is 0 Å². The highest BCUT2D eigenvalue weighted by Crippen LogP contribution is 2.07. The monoisotopic (exact) mass is 305 g/mol. The molecule has 6 heteroatoms. The van der Waals surface area contributed by atoms with Crippen molar-refractivity contribution in [2.75, 3.05) is 19.6 Å². The van der Waals surface area contributed by atoms with Crippen molar-refractivity contribution in [3.63, 3.8) is 0 Å². The van der Waals surface area contributed by atoms with Gasteiger partial charge >= 0.3 is 0 Å². The summed E-state index contributed by atoms with van der Waals surface area (Å²) in [6, 6.07) is 4.05. The highest BCUT2D eigenvalue weighted by atomic mass is 32.1. The van der Waals surface area contributed by atoms with Gasteiger partial charge in [0.25, 0.3) is 0 Å². The average molecular weight is 305 g/mol. The number of rotatable bonds is 4. The van der Waals surface area contributed by atoms with E-state index in [4.69, 9.17) is 18.0 Å². The molecule has 21 heavy (non-hydrogen) atoms. The second-order valence-electron chi connectivity index (χ2n) is 5.27. The highest BCUT2D eigenvalue weighted by Gasteiger charge is 2.13. The van der Waals surface area contributed by atoms with Gasteiger partial charge in [-0.15, -0.1) is 0 Å². The van der Waals surface area contributed by atoms with Gasteiger partial charge in [-0.05, 0) is 56.5 Å². The maximum atomic E-state index is 5.93. The zero-order valence-corrected chi connectivity index (χ0v) is 13.3. The van der Waals surface area contributed by atoms with Gasteiger partial charge in [0.1, 0.15) is 0 Å². The summed E-state index contributed by atoms with van der Waals surface area (Å²) in [6.07, 6.45) is 6.10. The summed E-state index contributed by atoms with van der Waals surface area (Å²) in [5, 5.41) is 3.61. The summed E-state index contributed by atoms with van der Waals surface area (Å²) in [6.45, 7) is 4.83. The fourth-order valence-corrected chi connectivity index (χ4v) is 2.59. The molecule has 0 aromatic carbocycles. The van der Waals surface area contributed by atoms with Crippen LogP contribution in [0.2, 0.25) is 0 Å². The van der Waals surface area contributed by atoms with Crippen molar-refractivity contribution in [3.05, 3.63) is 29.6 Å². The Morgan fingerprint density at radius 2 is 2.24 bits per heavy atom. The van der Waals surface area contributed by atoms with E-state index >= 15 is 0 Å². The number of aryl methyl sites for hydroxylation is 2. The van der Waals surface area contributed by atoms with Gasteiger partial charge in [-0.2, -0.15) is 4.99 Å². The van der Waals surface area contributed by atoms with Gasteiger partial charge in [0.15, 0.2) is 11.1 Å². The molecule has 0 amide bonds. The molecule has 0 radical (unpaired) electrons. The maximum Gasteiger partial charge on any atom is 0.198 e. The van der Waals surface area contributed by atoms with Gasteiger partial charge < -0.3 is 16.0 Å². The number of aliphatic imine (C=N–C) groups is 1. The van der Waals surface area contributed by atoms with Crippen molar-refractivity contribution >= 4 is 23.3 Å². The number of guanidine groups is 1. The second-order valence-corrected chi connectivity index (χ2v) is 5.65. The first-order valence-corrected chi connectivity index (χ1v) is 7.85. The number of likely N-dealkylation sites (tertiary alicyclic amines) is 1. The molecule has 0 atom stereocenters. The second kappa shape index (κ2) is 7.93. The number of hydrogen-bond acceptors (Lipinski definition) is 2. The van der Waals surface area contributed by atoms with E-state index in [1.54, 1.807) is 0 Å². The van der Waals surface area contributed by atoms with Crippen LogP contribution in [0.4, 0.5) is 0 Å². The third kappa shape index (κ3) is 4.97. The molecule has 1 saturated heterocycles. The Labute approximate surface area is 131 Å². The van der Waals surface area contributed by atoms with Gasteiger partial charge in [-0.3, -0.25) is 4.98 Å². The lowest BCUT2D eigenvalue weighted by atomic mass is 10.1. The Balaban J connectivity index is 1.69. The summed E-state index contributed by atoms with van der Waals surface area (Å²) in [5.41, 5.74) is 8.31. The summed E-state index contributed by atoms with van der Waals surface area (Å²) in [4.78, 5) is 10.7. The van der Waals surface area contributed by atoms with Crippen molar-refractivity contribution in [1.82, 2.24) is 15.2 Å². The Morgan fingerprint density at radius 3 is 2.95 bits per heavy atom. The van der Waals surface area contributed by atoms with Crippen LogP contribution in [0.15, 0.2) is 23.3 Å². The van der Waals surface area contributed by atoms with E-state index in [2.05, 4.69) is 33.2 Å². The molecule has 2 heterocycles. The lowest BCUT2D eigenvalue weighted by molar-refractivity contribution is 0.514. The van der Waals surface area contributed by atoms with Gasteiger partial charge in [0, 0.05) is 31.5 Å². The number of nitrogens with zero attached hydrogens (tertiary/aromatic N) is 3. The molecule has 0 bridgehead atoms. The van der Waals surface area contributed by atoms with Crippen LogP contribution in [0.5, 0.6) is 0 Å². The third-order valence-electron chi connectivity index (χ3n) is 3.63. The largest absolute Gasteiger partial charge is 0.369 e. The van der Waals surface area contributed by atoms with Gasteiger partial charge in [-0.25, -0.2) is 0 Å². The SMILES string of the molecule is Cc1cccnc1CCCNC(=S)N=C(N)N1CCCC1. The Morgan fingerprint density at radius 1 is 1.48 bits per heavy atom. The third-order valence-corrected chi connectivity index (χ3v) is 3.87. The van der Waals surface area contributed by atoms with E-state index in [9.17, 15) is 0 Å². The summed E-state index contributed by atoms with van der Waals surface area (Å²) >= 11 is 5.20. The molecule has 5 nitrogen and oxygen atoms in total. The lowest BCUT2D eigenvalue weighted by Gasteiger charge is -2.16. The molecular formula is C15H23N5S. The number of aromatic nitrogens is 1. The van der Waals surface area contributed by atoms with Crippen LogP contribution < -0.4 is 11.1 Å². The van der Waals surface area contributed by atoms with Crippen molar-refractivity contribution in [3.8, 4) is 0 Å². The molecule has 0 spiro atoms. The molecule has 0 saturated carbocycles. The minimum Gasteiger partial charge on any atom is -0.369 e. The number of thiocarbonyl (C=S) groups is 1. The van der Waals surface area contributed by atoms with Crippen LogP contribution in [0, 0.1) is 6.92 Å². The fraction of sp³-hybridized carbons (Fsp3) is 0.533. The molecule has 1 aliphatic heterocycles. The molecule has 1 aliphatic rings. The van der Waals surface area contributed by atoms with Crippen LogP contribution in [0.3, 0.4) is 0 Å². The molecule has 3 N–H and O–H groups in total. The lowest BCUT2D eigenvalue weighted by Crippen LogP contribution is -2.37. The van der Waals surface area contributed by atoms with E-state index in [0.717, 1.165) is 38.2 Å². The Kier molecular flexibility index (Phi) is 5.92. The molecule has 0 aliphatic carbocycles. The zero-order chi connectivity index (χ0) is 15.1. The predicted molar refractivity (Wildman–Crippen MR) is 90.3 cm³/mol. The van der Waals surface area contributed by atoms with Gasteiger partial charge in [-0.1, -0.05) is 6.07 Å². The topological polar surface area (TPSA) is 66.5 Å². The van der Waals surface area contributed by atoms with Crippen LogP contribution in [0.1, 0.15) is 30.5 Å². The zero-order valence-electron chi connectivity index (χ0n) is 12.5. The summed E-state index contributed by atoms with van der Waals surface area (Å²) < 4.78 is 0. The van der Waals surface area contributed by atoms with Gasteiger partial charge in [0.05, 0.1) is 0 Å². The van der Waals surface area contributed by atoms with E-state index in [1.165, 1.54) is 18.4 Å². The Bertz CT molecular complexity index is 509. The number of pyridine rings is 1. The first kappa shape index (κ1) is 15.7. The maximum absolute atomic E-state index is 5.93. The molecule has 114 valence electrons. The highest BCUT2D eigenvalue weighted by molar-refractivity contribution is 7.80. The molecular weight excluding hydrogens is 282 g/mol. The van der Waals surface area contributed by atoms with E-state index < -0.39 is 0 Å². The predicted octanol–water partition coefficient (Wildman–Crippen LogP) is 1.61. The van der Waals surface area contributed by atoms with Crippen LogP contribution in [-0.2, 0) is 6.42 Å². The van der Waals surface area contributed by atoms with Crippen LogP contribution in [-0.4, -0.2) is 40.6 Å². The van der Waals surface area contributed by atoms with Crippen LogP contribution >= 0.6 is 12.2 Å². The molecule has 1 fully saturated rings. The normalized spacial score (nSPS) is 15.3. The standard InChI is InChI=1S/C15H23N5S/c1-12-6-4-8-17-13(12)7-5-9-18-15(21)19-14(16)20-10-2-3-11-20/h4,6,8H,2-3,5,7,9-11H2,1H3,(H3,16,18,19,21). The number of nitrogens with two attached hydrogens (primary N) is 1. The van der Waals surface area contributed by atoms with Crippen molar-refractivity contribution in [2.24, 2.45) is 10.7 Å². The van der Waals surface area contributed by atoms with Gasteiger partial charge in [0.2, 0.25) is 0 Å². The van der Waals surface area contributed by atoms with Crippen LogP contribution in [0.25, 0.3) is 0 Å². The molecule has 1 aromatic heterocycles.